The van der Waals surface area contributed by atoms with E-state index in [2.05, 4.69) is 5.32 Å². The molecule has 3 unspecified atom stereocenters. The fourth-order valence-electron chi connectivity index (χ4n) is 2.31. The summed E-state index contributed by atoms with van der Waals surface area (Å²) in [6.45, 7) is 5.98. The molecule has 3 atom stereocenters. The van der Waals surface area contributed by atoms with Crippen LogP contribution in [-0.4, -0.2) is 17.3 Å². The van der Waals surface area contributed by atoms with E-state index in [0.717, 1.165) is 17.1 Å². The van der Waals surface area contributed by atoms with Gasteiger partial charge < -0.3 is 14.8 Å². The molecule has 20 heavy (non-hydrogen) atoms. The van der Waals surface area contributed by atoms with Crippen molar-refractivity contribution >= 4 is 0 Å². The lowest BCUT2D eigenvalue weighted by molar-refractivity contribution is 0.127. The monoisotopic (exact) mass is 273 g/mol. The third-order valence-electron chi connectivity index (χ3n) is 3.57. The van der Waals surface area contributed by atoms with E-state index in [-0.39, 0.29) is 12.1 Å². The van der Waals surface area contributed by atoms with Gasteiger partial charge in [0.05, 0.1) is 12.1 Å². The molecule has 0 radical (unpaired) electrons. The van der Waals surface area contributed by atoms with Crippen molar-refractivity contribution in [3.05, 3.63) is 59.5 Å². The number of aliphatic hydroxyl groups excluding tert-OH is 1. The van der Waals surface area contributed by atoms with E-state index in [1.807, 2.05) is 63.2 Å². The standard InChI is InChI=1S/C17H23NO2/c1-12-9-10-17(20-12)14(3)18-13(2)16(19)11-15-7-5-4-6-8-15/h4-10,13-14,16,18-19H,11H2,1-3H3. The Morgan fingerprint density at radius 3 is 2.40 bits per heavy atom. The second kappa shape index (κ2) is 6.73. The summed E-state index contributed by atoms with van der Waals surface area (Å²) in [5.74, 6) is 1.81. The normalized spacial score (nSPS) is 15.8. The molecule has 3 nitrogen and oxygen atoms in total. The van der Waals surface area contributed by atoms with Gasteiger partial charge in [-0.2, -0.15) is 0 Å². The van der Waals surface area contributed by atoms with E-state index >= 15 is 0 Å². The minimum Gasteiger partial charge on any atom is -0.465 e. The highest BCUT2D eigenvalue weighted by atomic mass is 16.3. The fourth-order valence-corrected chi connectivity index (χ4v) is 2.31. The molecule has 0 amide bonds. The average Bonchev–Trinajstić information content (AvgIpc) is 2.86. The third kappa shape index (κ3) is 3.95. The number of hydrogen-bond acceptors (Lipinski definition) is 3. The Bertz CT molecular complexity index is 521. The first kappa shape index (κ1) is 14.8. The summed E-state index contributed by atoms with van der Waals surface area (Å²) in [5.41, 5.74) is 1.15. The van der Waals surface area contributed by atoms with Crippen LogP contribution >= 0.6 is 0 Å². The van der Waals surface area contributed by atoms with Crippen molar-refractivity contribution in [2.45, 2.75) is 45.4 Å². The largest absolute Gasteiger partial charge is 0.465 e. The van der Waals surface area contributed by atoms with Gasteiger partial charge in [-0.3, -0.25) is 0 Å². The van der Waals surface area contributed by atoms with E-state index in [9.17, 15) is 5.11 Å². The van der Waals surface area contributed by atoms with Gasteiger partial charge in [0.1, 0.15) is 11.5 Å². The molecule has 1 aromatic carbocycles. The van der Waals surface area contributed by atoms with Crippen LogP contribution in [0.15, 0.2) is 46.9 Å². The van der Waals surface area contributed by atoms with Gasteiger partial charge in [0, 0.05) is 6.04 Å². The van der Waals surface area contributed by atoms with E-state index < -0.39 is 6.10 Å². The Hall–Kier alpha value is -1.58. The lowest BCUT2D eigenvalue weighted by Gasteiger charge is -2.23. The lowest BCUT2D eigenvalue weighted by Crippen LogP contribution is -2.39. The van der Waals surface area contributed by atoms with Crippen LogP contribution < -0.4 is 5.32 Å². The van der Waals surface area contributed by atoms with Crippen LogP contribution in [0.2, 0.25) is 0 Å². The van der Waals surface area contributed by atoms with Gasteiger partial charge in [-0.25, -0.2) is 0 Å². The van der Waals surface area contributed by atoms with Crippen molar-refractivity contribution in [3.63, 3.8) is 0 Å². The zero-order chi connectivity index (χ0) is 14.5. The van der Waals surface area contributed by atoms with Crippen molar-refractivity contribution < 1.29 is 9.52 Å². The SMILES string of the molecule is Cc1ccc(C(C)NC(C)C(O)Cc2ccccc2)o1. The van der Waals surface area contributed by atoms with Crippen molar-refractivity contribution in [1.82, 2.24) is 5.32 Å². The minimum atomic E-state index is -0.420. The van der Waals surface area contributed by atoms with Gasteiger partial charge >= 0.3 is 0 Å². The molecular weight excluding hydrogens is 250 g/mol. The molecule has 3 heteroatoms. The second-order valence-corrected chi connectivity index (χ2v) is 5.38. The van der Waals surface area contributed by atoms with Gasteiger partial charge in [0.2, 0.25) is 0 Å². The van der Waals surface area contributed by atoms with Crippen LogP contribution in [0.5, 0.6) is 0 Å². The summed E-state index contributed by atoms with van der Waals surface area (Å²) >= 11 is 0. The molecule has 1 aromatic heterocycles. The molecule has 0 saturated heterocycles. The van der Waals surface area contributed by atoms with E-state index in [4.69, 9.17) is 4.42 Å². The number of furan rings is 1. The van der Waals surface area contributed by atoms with Crippen molar-refractivity contribution in [2.75, 3.05) is 0 Å². The predicted octanol–water partition coefficient (Wildman–Crippen LogP) is 3.23. The lowest BCUT2D eigenvalue weighted by atomic mass is 10.0. The highest BCUT2D eigenvalue weighted by molar-refractivity contribution is 5.16. The van der Waals surface area contributed by atoms with Crippen LogP contribution in [-0.2, 0) is 6.42 Å². The van der Waals surface area contributed by atoms with Gasteiger partial charge in [0.15, 0.2) is 0 Å². The maximum Gasteiger partial charge on any atom is 0.120 e. The first-order valence-corrected chi connectivity index (χ1v) is 7.10. The van der Waals surface area contributed by atoms with Crippen molar-refractivity contribution in [3.8, 4) is 0 Å². The van der Waals surface area contributed by atoms with E-state index in [0.29, 0.717) is 6.42 Å². The van der Waals surface area contributed by atoms with Crippen LogP contribution in [0, 0.1) is 6.92 Å². The highest BCUT2D eigenvalue weighted by Crippen LogP contribution is 2.17. The summed E-state index contributed by atoms with van der Waals surface area (Å²) in [6, 6.07) is 14.1. The van der Waals surface area contributed by atoms with Gasteiger partial charge in [-0.1, -0.05) is 30.3 Å². The first-order chi connectivity index (χ1) is 9.56. The number of rotatable bonds is 6. The average molecular weight is 273 g/mol. The number of aryl methyl sites for hydroxylation is 1. The molecule has 2 aromatic rings. The Balaban J connectivity index is 1.89. The number of nitrogens with one attached hydrogen (secondary N) is 1. The summed E-state index contributed by atoms with van der Waals surface area (Å²) < 4.78 is 5.60. The first-order valence-electron chi connectivity index (χ1n) is 7.10. The Labute approximate surface area is 120 Å². The Morgan fingerprint density at radius 2 is 1.80 bits per heavy atom. The van der Waals surface area contributed by atoms with Gasteiger partial charge in [0.25, 0.3) is 0 Å². The molecule has 1 heterocycles. The molecule has 2 N–H and O–H groups in total. The second-order valence-electron chi connectivity index (χ2n) is 5.38. The smallest absolute Gasteiger partial charge is 0.120 e. The number of benzene rings is 1. The Kier molecular flexibility index (Phi) is 4.99. The molecule has 0 saturated carbocycles. The molecule has 0 aliphatic carbocycles. The van der Waals surface area contributed by atoms with Crippen molar-refractivity contribution in [2.24, 2.45) is 0 Å². The molecule has 0 aliphatic heterocycles. The molecule has 0 fully saturated rings. The van der Waals surface area contributed by atoms with Crippen molar-refractivity contribution in [1.29, 1.82) is 0 Å². The molecule has 0 bridgehead atoms. The van der Waals surface area contributed by atoms with Gasteiger partial charge in [-0.15, -0.1) is 0 Å². The van der Waals surface area contributed by atoms with E-state index in [1.165, 1.54) is 0 Å². The third-order valence-corrected chi connectivity index (χ3v) is 3.57. The predicted molar refractivity (Wildman–Crippen MR) is 80.6 cm³/mol. The highest BCUT2D eigenvalue weighted by Gasteiger charge is 2.18. The fraction of sp³-hybridized carbons (Fsp3) is 0.412. The summed E-state index contributed by atoms with van der Waals surface area (Å²) in [6.07, 6.45) is 0.231. The topological polar surface area (TPSA) is 45.4 Å². The maximum atomic E-state index is 10.3. The van der Waals surface area contributed by atoms with Crippen LogP contribution in [0.25, 0.3) is 0 Å². The summed E-state index contributed by atoms with van der Waals surface area (Å²) in [5, 5.41) is 13.7. The van der Waals surface area contributed by atoms with Crippen LogP contribution in [0.4, 0.5) is 0 Å². The molecule has 108 valence electrons. The zero-order valence-electron chi connectivity index (χ0n) is 12.3. The number of hydrogen-bond donors (Lipinski definition) is 2. The molecule has 0 aliphatic rings. The van der Waals surface area contributed by atoms with Crippen LogP contribution in [0.1, 0.15) is 37.0 Å². The molecule has 0 spiro atoms. The quantitative estimate of drug-likeness (QED) is 0.849. The van der Waals surface area contributed by atoms with Crippen LogP contribution in [0.3, 0.4) is 0 Å². The van der Waals surface area contributed by atoms with E-state index in [1.54, 1.807) is 0 Å². The zero-order valence-corrected chi connectivity index (χ0v) is 12.3. The number of aliphatic hydroxyl groups is 1. The maximum absolute atomic E-state index is 10.3. The molecule has 2 rings (SSSR count). The van der Waals surface area contributed by atoms with Gasteiger partial charge in [-0.05, 0) is 44.9 Å². The molecular formula is C17H23NO2. The summed E-state index contributed by atoms with van der Waals surface area (Å²) in [4.78, 5) is 0. The summed E-state index contributed by atoms with van der Waals surface area (Å²) in [7, 11) is 0. The Morgan fingerprint density at radius 1 is 1.10 bits per heavy atom. The minimum absolute atomic E-state index is 0.00406.